The number of carboxylic acid groups (broad SMARTS) is 2. The number of likely N-dealkylation sites (tertiary alicyclic amines) is 1. The molecule has 0 aliphatic carbocycles. The van der Waals surface area contributed by atoms with Crippen LogP contribution in [0, 0.1) is 11.8 Å². The molecule has 1 aromatic heterocycles. The summed E-state index contributed by atoms with van der Waals surface area (Å²) in [5.74, 6) is -2.69. The first-order chi connectivity index (χ1) is 19.6. The van der Waals surface area contributed by atoms with E-state index in [1.54, 1.807) is 6.20 Å². The van der Waals surface area contributed by atoms with Crippen LogP contribution in [0.3, 0.4) is 0 Å². The minimum atomic E-state index is -2.27. The average molecular weight is 570 g/mol. The number of carbonyl (C=O) groups is 3. The van der Waals surface area contributed by atoms with Crippen LogP contribution in [0.5, 0.6) is 0 Å². The highest BCUT2D eigenvalue weighted by Crippen LogP contribution is 2.31. The van der Waals surface area contributed by atoms with Gasteiger partial charge in [-0.2, -0.15) is 0 Å². The average Bonchev–Trinajstić information content (AvgIpc) is 2.99. The Morgan fingerprint density at radius 3 is 2.27 bits per heavy atom. The molecule has 2 aliphatic rings. The third kappa shape index (κ3) is 9.00. The van der Waals surface area contributed by atoms with Crippen molar-refractivity contribution in [1.82, 2.24) is 14.8 Å². The van der Waals surface area contributed by atoms with Crippen LogP contribution in [0.25, 0.3) is 10.9 Å². The second-order valence-electron chi connectivity index (χ2n) is 10.3. The van der Waals surface area contributed by atoms with E-state index in [0.717, 1.165) is 76.2 Å². The number of para-hydroxylation sites is 1. The maximum absolute atomic E-state index is 13.2. The molecule has 2 fully saturated rings. The first-order valence-corrected chi connectivity index (χ1v) is 13.6. The molecule has 4 atom stereocenters. The number of aliphatic hydroxyl groups excluding tert-OH is 2. The summed E-state index contributed by atoms with van der Waals surface area (Å²) in [6.07, 6.45) is 1.05. The highest BCUT2D eigenvalue weighted by molar-refractivity contribution is 6.15. The lowest BCUT2D eigenvalue weighted by Crippen LogP contribution is -2.45. The Morgan fingerprint density at radius 2 is 1.63 bits per heavy atom. The molecule has 2 aromatic rings. The molecule has 4 N–H and O–H groups in total. The van der Waals surface area contributed by atoms with E-state index in [1.807, 2.05) is 30.3 Å². The van der Waals surface area contributed by atoms with Gasteiger partial charge in [0.15, 0.2) is 18.0 Å². The molecule has 0 spiro atoms. The first-order valence-electron chi connectivity index (χ1n) is 13.6. The number of piperidine rings is 1. The Balaban J connectivity index is 0.000000397. The Bertz CT molecular complexity index is 1210. The van der Waals surface area contributed by atoms with Crippen molar-refractivity contribution in [3.8, 4) is 0 Å². The van der Waals surface area contributed by atoms with Gasteiger partial charge in [-0.25, -0.2) is 9.59 Å². The van der Waals surface area contributed by atoms with Crippen LogP contribution in [0.4, 0.5) is 0 Å². The van der Waals surface area contributed by atoms with E-state index in [9.17, 15) is 14.4 Å². The highest BCUT2D eigenvalue weighted by Gasteiger charge is 2.30. The molecule has 2 aliphatic heterocycles. The van der Waals surface area contributed by atoms with Crippen molar-refractivity contribution in [3.05, 3.63) is 66.9 Å². The number of carbonyl (C=O) groups excluding carboxylic acids is 1. The van der Waals surface area contributed by atoms with Gasteiger partial charge >= 0.3 is 11.9 Å². The molecule has 3 heterocycles. The van der Waals surface area contributed by atoms with Gasteiger partial charge in [0.2, 0.25) is 0 Å². The number of rotatable bonds is 11. The molecule has 41 heavy (non-hydrogen) atoms. The lowest BCUT2D eigenvalue weighted by atomic mass is 9.80. The lowest BCUT2D eigenvalue weighted by Gasteiger charge is -2.38. The predicted octanol–water partition coefficient (Wildman–Crippen LogP) is 1.70. The van der Waals surface area contributed by atoms with Gasteiger partial charge in [0.05, 0.1) is 18.7 Å². The molecule has 0 saturated carbocycles. The number of aromatic nitrogens is 1. The third-order valence-electron chi connectivity index (χ3n) is 7.56. The number of allylic oxidation sites excluding steroid dienone is 1. The Labute approximate surface area is 239 Å². The molecule has 2 saturated heterocycles. The summed E-state index contributed by atoms with van der Waals surface area (Å²) in [6.45, 7) is 16.3. The van der Waals surface area contributed by atoms with Gasteiger partial charge in [-0.1, -0.05) is 30.9 Å². The van der Waals surface area contributed by atoms with Crippen LogP contribution in [-0.2, 0) is 14.3 Å². The Kier molecular flexibility index (Phi) is 12.1. The monoisotopic (exact) mass is 569 g/mol. The topological polar surface area (TPSA) is 161 Å². The zero-order valence-corrected chi connectivity index (χ0v) is 23.1. The fraction of sp³-hybridized carbons (Fsp3) is 0.467. The normalized spacial score (nSPS) is 21.2. The molecule has 0 amide bonds. The van der Waals surface area contributed by atoms with E-state index in [1.165, 1.54) is 0 Å². The molecule has 11 heteroatoms. The standard InChI is InChI=1S/C26H33N3O2.C4H6O6/c1-3-21-19-29(13-12-28-14-16-31-17-15-28)11-9-22(21)18-20(2)26(30)24-8-10-27-25-7-5-4-6-23(24)25;5-1(3(7)8)2(6)4(9)10/h3-8,10,21-22H,1-2,9,11-19H2;1-2,5-6H,(H,7,8)(H,9,10). The van der Waals surface area contributed by atoms with E-state index in [0.29, 0.717) is 23.0 Å². The largest absolute Gasteiger partial charge is 0.479 e. The number of nitrogens with zero attached hydrogens (tertiary/aromatic N) is 3. The van der Waals surface area contributed by atoms with Gasteiger partial charge in [0.25, 0.3) is 0 Å². The van der Waals surface area contributed by atoms with Crippen LogP contribution < -0.4 is 0 Å². The van der Waals surface area contributed by atoms with E-state index in [2.05, 4.69) is 34.0 Å². The fourth-order valence-corrected chi connectivity index (χ4v) is 5.10. The van der Waals surface area contributed by atoms with Crippen molar-refractivity contribution in [2.45, 2.75) is 25.0 Å². The number of pyridine rings is 1. The molecule has 4 unspecified atom stereocenters. The van der Waals surface area contributed by atoms with E-state index in [4.69, 9.17) is 25.2 Å². The van der Waals surface area contributed by atoms with Crippen molar-refractivity contribution in [2.75, 3.05) is 52.5 Å². The van der Waals surface area contributed by atoms with Crippen LogP contribution in [-0.4, -0.2) is 118 Å². The van der Waals surface area contributed by atoms with Crippen LogP contribution >= 0.6 is 0 Å². The maximum atomic E-state index is 13.2. The molecule has 1 aromatic carbocycles. The summed E-state index contributed by atoms with van der Waals surface area (Å²) >= 11 is 0. The molecule has 0 radical (unpaired) electrons. The Hall–Kier alpha value is -3.48. The number of aliphatic hydroxyl groups is 2. The zero-order valence-electron chi connectivity index (χ0n) is 23.1. The van der Waals surface area contributed by atoms with Crippen molar-refractivity contribution >= 4 is 28.6 Å². The second kappa shape index (κ2) is 15.5. The number of hydrogen-bond donors (Lipinski definition) is 4. The Morgan fingerprint density at radius 1 is 1.00 bits per heavy atom. The lowest BCUT2D eigenvalue weighted by molar-refractivity contribution is -0.165. The van der Waals surface area contributed by atoms with Gasteiger partial charge in [0, 0.05) is 49.9 Å². The van der Waals surface area contributed by atoms with E-state index >= 15 is 0 Å². The summed E-state index contributed by atoms with van der Waals surface area (Å²) in [7, 11) is 0. The van der Waals surface area contributed by atoms with Crippen molar-refractivity contribution < 1.29 is 39.5 Å². The first kappa shape index (κ1) is 32.0. The van der Waals surface area contributed by atoms with Gasteiger partial charge in [-0.3, -0.25) is 14.7 Å². The number of ether oxygens (including phenoxy) is 1. The van der Waals surface area contributed by atoms with Gasteiger partial charge < -0.3 is 30.1 Å². The maximum Gasteiger partial charge on any atom is 0.335 e. The summed E-state index contributed by atoms with van der Waals surface area (Å²) < 4.78 is 5.44. The van der Waals surface area contributed by atoms with Crippen molar-refractivity contribution in [3.63, 3.8) is 0 Å². The summed E-state index contributed by atoms with van der Waals surface area (Å²) in [4.78, 5) is 42.1. The van der Waals surface area contributed by atoms with Crippen molar-refractivity contribution in [1.29, 1.82) is 0 Å². The van der Waals surface area contributed by atoms with Crippen LogP contribution in [0.1, 0.15) is 23.2 Å². The number of carboxylic acids is 2. The van der Waals surface area contributed by atoms with Gasteiger partial charge in [-0.15, -0.1) is 6.58 Å². The number of aliphatic carboxylic acids is 2. The van der Waals surface area contributed by atoms with Crippen LogP contribution in [0.2, 0.25) is 0 Å². The summed E-state index contributed by atoms with van der Waals surface area (Å²) in [5, 5.41) is 33.4. The van der Waals surface area contributed by atoms with Gasteiger partial charge in [0.1, 0.15) is 0 Å². The number of morpholine rings is 1. The summed E-state index contributed by atoms with van der Waals surface area (Å²) in [5.41, 5.74) is 2.24. The molecule has 222 valence electrons. The van der Waals surface area contributed by atoms with E-state index in [-0.39, 0.29) is 5.78 Å². The SMILES string of the molecule is C=CC1CN(CCN2CCOCC2)CCC1CC(=C)C(=O)c1ccnc2ccccc12.O=C(O)C(O)C(O)C(=O)O. The summed E-state index contributed by atoms with van der Waals surface area (Å²) in [6, 6.07) is 9.61. The fourth-order valence-electron chi connectivity index (χ4n) is 5.10. The molecular weight excluding hydrogens is 530 g/mol. The van der Waals surface area contributed by atoms with Crippen molar-refractivity contribution in [2.24, 2.45) is 11.8 Å². The number of Topliss-reactive ketones (excluding diaryl/α,β-unsaturated/α-hetero) is 1. The smallest absolute Gasteiger partial charge is 0.335 e. The third-order valence-corrected chi connectivity index (χ3v) is 7.56. The number of benzene rings is 1. The predicted molar refractivity (Wildman–Crippen MR) is 153 cm³/mol. The zero-order chi connectivity index (χ0) is 29.9. The number of hydrogen-bond acceptors (Lipinski definition) is 9. The molecule has 11 nitrogen and oxygen atoms in total. The molecule has 0 bridgehead atoms. The van der Waals surface area contributed by atoms with E-state index < -0.39 is 24.1 Å². The number of fused-ring (bicyclic) bond motifs is 1. The minimum Gasteiger partial charge on any atom is -0.479 e. The molecule has 4 rings (SSSR count). The molecular formula is C30H39N3O8. The number of ketones is 1. The minimum absolute atomic E-state index is 0.0381. The quantitative estimate of drug-likeness (QED) is 0.177. The highest BCUT2D eigenvalue weighted by atomic mass is 16.5. The second-order valence-corrected chi connectivity index (χ2v) is 10.3. The van der Waals surface area contributed by atoms with Gasteiger partial charge in [-0.05, 0) is 48.9 Å². The van der Waals surface area contributed by atoms with Crippen LogP contribution in [0.15, 0.2) is 61.3 Å².